The van der Waals surface area contributed by atoms with Gasteiger partial charge in [0, 0.05) is 44.0 Å². The molecule has 5 rings (SSSR count). The molecule has 1 aliphatic rings. The van der Waals surface area contributed by atoms with Gasteiger partial charge in [-0.2, -0.15) is 0 Å². The first-order valence-corrected chi connectivity index (χ1v) is 11.7. The Labute approximate surface area is 188 Å². The van der Waals surface area contributed by atoms with Gasteiger partial charge in [-0.3, -0.25) is 4.79 Å². The average Bonchev–Trinajstić information content (AvgIpc) is 3.52. The molecule has 0 radical (unpaired) electrons. The van der Waals surface area contributed by atoms with E-state index in [-0.39, 0.29) is 5.91 Å². The Hall–Kier alpha value is -3.30. The number of hydrogen-bond acceptors (Lipinski definition) is 8. The van der Waals surface area contributed by atoms with Gasteiger partial charge in [0.15, 0.2) is 0 Å². The number of hydrogen-bond donors (Lipinski definition) is 1. The predicted molar refractivity (Wildman–Crippen MR) is 126 cm³/mol. The third-order valence-corrected chi connectivity index (χ3v) is 6.96. The minimum absolute atomic E-state index is 0.192. The molecule has 156 valence electrons. The standard InChI is InChI=1S/C22H20N6OS2/c29-20(17-15-31-21(26-17)19-7-3-14-30-19)25-16-5-1-2-6-18(16)27-10-12-28(13-11-27)22-23-8-4-9-24-22/h1-9,14-15H,10-13H2,(H,25,29). The van der Waals surface area contributed by atoms with Crippen LogP contribution in [-0.2, 0) is 0 Å². The van der Waals surface area contributed by atoms with Crippen LogP contribution in [0, 0.1) is 0 Å². The lowest BCUT2D eigenvalue weighted by Crippen LogP contribution is -2.47. The van der Waals surface area contributed by atoms with Gasteiger partial charge in [-0.25, -0.2) is 15.0 Å². The quantitative estimate of drug-likeness (QED) is 0.492. The molecular weight excluding hydrogens is 428 g/mol. The zero-order valence-electron chi connectivity index (χ0n) is 16.6. The Bertz CT molecular complexity index is 1150. The lowest BCUT2D eigenvalue weighted by Gasteiger charge is -2.36. The van der Waals surface area contributed by atoms with Crippen molar-refractivity contribution < 1.29 is 4.79 Å². The molecule has 0 spiro atoms. The zero-order valence-corrected chi connectivity index (χ0v) is 18.3. The number of carbonyl (C=O) groups excluding carboxylic acids is 1. The lowest BCUT2D eigenvalue weighted by atomic mass is 10.2. The van der Waals surface area contributed by atoms with E-state index >= 15 is 0 Å². The molecule has 1 N–H and O–H groups in total. The van der Waals surface area contributed by atoms with Gasteiger partial charge < -0.3 is 15.1 Å². The van der Waals surface area contributed by atoms with Crippen molar-refractivity contribution in [1.29, 1.82) is 0 Å². The van der Waals surface area contributed by atoms with Crippen LogP contribution < -0.4 is 15.1 Å². The molecule has 4 aromatic rings. The van der Waals surface area contributed by atoms with Crippen molar-refractivity contribution in [2.24, 2.45) is 0 Å². The normalized spacial score (nSPS) is 13.9. The fourth-order valence-electron chi connectivity index (χ4n) is 3.53. The van der Waals surface area contributed by atoms with E-state index in [1.165, 1.54) is 11.3 Å². The first-order chi connectivity index (χ1) is 15.3. The molecular formula is C22H20N6OS2. The van der Waals surface area contributed by atoms with Crippen molar-refractivity contribution in [1.82, 2.24) is 15.0 Å². The molecule has 1 saturated heterocycles. The molecule has 1 aromatic carbocycles. The summed E-state index contributed by atoms with van der Waals surface area (Å²) in [6.07, 6.45) is 3.53. The largest absolute Gasteiger partial charge is 0.366 e. The Morgan fingerprint density at radius 1 is 0.903 bits per heavy atom. The summed E-state index contributed by atoms with van der Waals surface area (Å²) in [4.78, 5) is 31.6. The fraction of sp³-hybridized carbons (Fsp3) is 0.182. The predicted octanol–water partition coefficient (Wildman–Crippen LogP) is 4.24. The third-order valence-electron chi connectivity index (χ3n) is 5.08. The van der Waals surface area contributed by atoms with E-state index in [0.717, 1.165) is 53.4 Å². The first kappa shape index (κ1) is 19.7. The van der Waals surface area contributed by atoms with Gasteiger partial charge in [-0.1, -0.05) is 18.2 Å². The second-order valence-electron chi connectivity index (χ2n) is 7.01. The van der Waals surface area contributed by atoms with Crippen LogP contribution in [0.4, 0.5) is 17.3 Å². The monoisotopic (exact) mass is 448 g/mol. The first-order valence-electron chi connectivity index (χ1n) is 9.94. The zero-order chi connectivity index (χ0) is 21.0. The number of rotatable bonds is 5. The van der Waals surface area contributed by atoms with E-state index < -0.39 is 0 Å². The van der Waals surface area contributed by atoms with Gasteiger partial charge in [-0.05, 0) is 29.6 Å². The molecule has 0 bridgehead atoms. The number of nitrogens with zero attached hydrogens (tertiary/aromatic N) is 5. The number of thiazole rings is 1. The van der Waals surface area contributed by atoms with Gasteiger partial charge in [0.05, 0.1) is 16.3 Å². The minimum Gasteiger partial charge on any atom is -0.366 e. The van der Waals surface area contributed by atoms with Crippen LogP contribution in [0.15, 0.2) is 65.6 Å². The molecule has 0 saturated carbocycles. The van der Waals surface area contributed by atoms with Crippen molar-refractivity contribution in [3.63, 3.8) is 0 Å². The van der Waals surface area contributed by atoms with Crippen LogP contribution in [0.2, 0.25) is 0 Å². The smallest absolute Gasteiger partial charge is 0.275 e. The number of thiophene rings is 1. The Morgan fingerprint density at radius 2 is 1.68 bits per heavy atom. The Balaban J connectivity index is 1.28. The molecule has 3 aromatic heterocycles. The van der Waals surface area contributed by atoms with Gasteiger partial charge >= 0.3 is 0 Å². The highest BCUT2D eigenvalue weighted by molar-refractivity contribution is 7.20. The Kier molecular flexibility index (Phi) is 5.59. The molecule has 1 amide bonds. The van der Waals surface area contributed by atoms with Crippen molar-refractivity contribution in [2.75, 3.05) is 41.3 Å². The highest BCUT2D eigenvalue weighted by Gasteiger charge is 2.22. The SMILES string of the molecule is O=C(Nc1ccccc1N1CCN(c2ncccn2)CC1)c1csc(-c2cccs2)n1. The highest BCUT2D eigenvalue weighted by Crippen LogP contribution is 2.30. The minimum atomic E-state index is -0.192. The average molecular weight is 449 g/mol. The van der Waals surface area contributed by atoms with E-state index in [2.05, 4.69) is 30.1 Å². The van der Waals surface area contributed by atoms with Crippen LogP contribution >= 0.6 is 22.7 Å². The molecule has 31 heavy (non-hydrogen) atoms. The molecule has 9 heteroatoms. The van der Waals surface area contributed by atoms with E-state index in [1.807, 2.05) is 53.2 Å². The third kappa shape index (κ3) is 4.28. The Morgan fingerprint density at radius 3 is 2.45 bits per heavy atom. The van der Waals surface area contributed by atoms with E-state index in [9.17, 15) is 4.79 Å². The maximum atomic E-state index is 12.9. The van der Waals surface area contributed by atoms with Crippen LogP contribution in [-0.4, -0.2) is 47.0 Å². The number of piperazine rings is 1. The summed E-state index contributed by atoms with van der Waals surface area (Å²) in [7, 11) is 0. The summed E-state index contributed by atoms with van der Waals surface area (Å²) in [6, 6.07) is 13.7. The number of amides is 1. The molecule has 0 atom stereocenters. The molecule has 1 fully saturated rings. The maximum absolute atomic E-state index is 12.9. The summed E-state index contributed by atoms with van der Waals surface area (Å²) in [5, 5.41) is 7.74. The van der Waals surface area contributed by atoms with Gasteiger partial charge in [0.2, 0.25) is 5.95 Å². The number of carbonyl (C=O) groups is 1. The number of para-hydroxylation sites is 2. The van der Waals surface area contributed by atoms with Crippen LogP contribution in [0.3, 0.4) is 0 Å². The van der Waals surface area contributed by atoms with Crippen molar-refractivity contribution in [3.8, 4) is 9.88 Å². The summed E-state index contributed by atoms with van der Waals surface area (Å²) in [6.45, 7) is 3.29. The van der Waals surface area contributed by atoms with E-state index in [1.54, 1.807) is 23.7 Å². The molecule has 0 unspecified atom stereocenters. The van der Waals surface area contributed by atoms with Crippen LogP contribution in [0.25, 0.3) is 9.88 Å². The highest BCUT2D eigenvalue weighted by atomic mass is 32.1. The number of aromatic nitrogens is 3. The van der Waals surface area contributed by atoms with Gasteiger partial charge in [0.25, 0.3) is 5.91 Å². The second-order valence-corrected chi connectivity index (χ2v) is 8.82. The van der Waals surface area contributed by atoms with Crippen LogP contribution in [0.5, 0.6) is 0 Å². The van der Waals surface area contributed by atoms with Crippen molar-refractivity contribution in [2.45, 2.75) is 0 Å². The summed E-state index contributed by atoms with van der Waals surface area (Å²) in [5.74, 6) is 0.566. The summed E-state index contributed by atoms with van der Waals surface area (Å²) >= 11 is 3.11. The maximum Gasteiger partial charge on any atom is 0.275 e. The second kappa shape index (κ2) is 8.83. The van der Waals surface area contributed by atoms with E-state index in [0.29, 0.717) is 5.69 Å². The lowest BCUT2D eigenvalue weighted by molar-refractivity contribution is 0.102. The van der Waals surface area contributed by atoms with Crippen molar-refractivity contribution in [3.05, 3.63) is 71.3 Å². The molecule has 0 aliphatic carbocycles. The molecule has 1 aliphatic heterocycles. The fourth-order valence-corrected chi connectivity index (χ4v) is 5.15. The van der Waals surface area contributed by atoms with E-state index in [4.69, 9.17) is 0 Å². The van der Waals surface area contributed by atoms with Crippen molar-refractivity contribution >= 4 is 45.9 Å². The number of anilines is 3. The molecule has 4 heterocycles. The number of nitrogens with one attached hydrogen (secondary N) is 1. The molecule has 7 nitrogen and oxygen atoms in total. The number of benzene rings is 1. The topological polar surface area (TPSA) is 74.2 Å². The summed E-state index contributed by atoms with van der Waals surface area (Å²) in [5.41, 5.74) is 2.25. The summed E-state index contributed by atoms with van der Waals surface area (Å²) < 4.78 is 0. The van der Waals surface area contributed by atoms with Gasteiger partial charge in [-0.15, -0.1) is 22.7 Å². The van der Waals surface area contributed by atoms with Crippen LogP contribution in [0.1, 0.15) is 10.5 Å². The van der Waals surface area contributed by atoms with Gasteiger partial charge in [0.1, 0.15) is 10.7 Å².